The molecule has 0 fully saturated rings. The van der Waals surface area contributed by atoms with Crippen LogP contribution in [-0.2, 0) is 6.54 Å². The van der Waals surface area contributed by atoms with E-state index in [1.807, 2.05) is 18.2 Å². The van der Waals surface area contributed by atoms with Crippen LogP contribution in [0.1, 0.15) is 12.0 Å². The van der Waals surface area contributed by atoms with Crippen LogP contribution in [0.4, 0.5) is 18.9 Å². The molecule has 0 bridgehead atoms. The maximum absolute atomic E-state index is 12.2. The molecule has 1 aromatic carbocycles. The number of rotatable bonds is 5. The van der Waals surface area contributed by atoms with E-state index in [-0.39, 0.29) is 6.54 Å². The van der Waals surface area contributed by atoms with Gasteiger partial charge in [-0.1, -0.05) is 15.9 Å². The third-order valence-electron chi connectivity index (χ3n) is 2.55. The second-order valence-electron chi connectivity index (χ2n) is 4.09. The summed E-state index contributed by atoms with van der Waals surface area (Å²) in [5.41, 5.74) is 1.79. The van der Waals surface area contributed by atoms with Crippen molar-refractivity contribution in [3.05, 3.63) is 28.2 Å². The second kappa shape index (κ2) is 6.43. The minimum Gasteiger partial charge on any atom is -0.374 e. The van der Waals surface area contributed by atoms with Crippen LogP contribution in [0.3, 0.4) is 0 Å². The summed E-state index contributed by atoms with van der Waals surface area (Å²) in [4.78, 5) is 1.63. The van der Waals surface area contributed by atoms with Crippen LogP contribution < -0.4 is 10.2 Å². The fourth-order valence-corrected chi connectivity index (χ4v) is 2.08. The van der Waals surface area contributed by atoms with Gasteiger partial charge in [-0.15, -0.1) is 0 Å². The smallest absolute Gasteiger partial charge is 0.374 e. The van der Waals surface area contributed by atoms with E-state index in [4.69, 9.17) is 0 Å². The van der Waals surface area contributed by atoms with E-state index in [0.29, 0.717) is 6.54 Å². The van der Waals surface area contributed by atoms with Crippen LogP contribution in [0.2, 0.25) is 0 Å². The molecule has 18 heavy (non-hydrogen) atoms. The third kappa shape index (κ3) is 4.86. The summed E-state index contributed by atoms with van der Waals surface area (Å²) in [7, 11) is 3.48. The van der Waals surface area contributed by atoms with E-state index in [1.54, 1.807) is 19.0 Å². The molecule has 1 aromatic rings. The Morgan fingerprint density at radius 1 is 1.33 bits per heavy atom. The minimum absolute atomic E-state index is 0.0398. The number of hydrogen-bond acceptors (Lipinski definition) is 2. The van der Waals surface area contributed by atoms with Crippen molar-refractivity contribution in [2.75, 3.05) is 25.5 Å². The van der Waals surface area contributed by atoms with Gasteiger partial charge in [0.25, 0.3) is 0 Å². The lowest BCUT2D eigenvalue weighted by Crippen LogP contribution is -2.25. The lowest BCUT2D eigenvalue weighted by Gasteiger charge is -2.23. The van der Waals surface area contributed by atoms with Gasteiger partial charge in [0.05, 0.1) is 6.42 Å². The predicted octanol–water partition coefficient (Wildman–Crippen LogP) is 3.56. The quantitative estimate of drug-likeness (QED) is 0.891. The van der Waals surface area contributed by atoms with Gasteiger partial charge >= 0.3 is 6.18 Å². The van der Waals surface area contributed by atoms with Crippen molar-refractivity contribution in [2.45, 2.75) is 19.1 Å². The Morgan fingerprint density at radius 3 is 2.56 bits per heavy atom. The molecule has 0 saturated heterocycles. The summed E-state index contributed by atoms with van der Waals surface area (Å²) in [6.45, 7) is 0.576. The molecule has 0 spiro atoms. The lowest BCUT2D eigenvalue weighted by atomic mass is 10.1. The van der Waals surface area contributed by atoms with Crippen LogP contribution in [-0.4, -0.2) is 26.8 Å². The zero-order valence-corrected chi connectivity index (χ0v) is 11.9. The SMILES string of the molecule is CNCc1cc(Br)ccc1N(C)CCC(F)(F)F. The van der Waals surface area contributed by atoms with Crippen molar-refractivity contribution in [3.8, 4) is 0 Å². The number of anilines is 1. The summed E-state index contributed by atoms with van der Waals surface area (Å²) in [5, 5.41) is 3.01. The number of halogens is 4. The van der Waals surface area contributed by atoms with Gasteiger partial charge in [0.2, 0.25) is 0 Å². The number of nitrogens with one attached hydrogen (secondary N) is 1. The van der Waals surface area contributed by atoms with Crippen molar-refractivity contribution in [3.63, 3.8) is 0 Å². The molecule has 0 radical (unpaired) electrons. The van der Waals surface area contributed by atoms with Crippen molar-refractivity contribution >= 4 is 21.6 Å². The zero-order chi connectivity index (χ0) is 13.8. The predicted molar refractivity (Wildman–Crippen MR) is 70.8 cm³/mol. The maximum Gasteiger partial charge on any atom is 0.390 e. The molecular weight excluding hydrogens is 309 g/mol. The highest BCUT2D eigenvalue weighted by molar-refractivity contribution is 9.10. The van der Waals surface area contributed by atoms with Gasteiger partial charge in [-0.25, -0.2) is 0 Å². The molecule has 102 valence electrons. The van der Waals surface area contributed by atoms with Crippen LogP contribution in [0.5, 0.6) is 0 Å². The van der Waals surface area contributed by atoms with Crippen molar-refractivity contribution < 1.29 is 13.2 Å². The highest BCUT2D eigenvalue weighted by Gasteiger charge is 2.27. The average molecular weight is 325 g/mol. The molecule has 0 aliphatic heterocycles. The molecule has 0 aliphatic rings. The van der Waals surface area contributed by atoms with E-state index in [1.165, 1.54) is 0 Å². The monoisotopic (exact) mass is 324 g/mol. The second-order valence-corrected chi connectivity index (χ2v) is 5.01. The molecule has 0 amide bonds. The Balaban J connectivity index is 2.80. The molecule has 0 saturated carbocycles. The van der Waals surface area contributed by atoms with Crippen LogP contribution in [0, 0.1) is 0 Å². The molecule has 0 aromatic heterocycles. The molecule has 2 nitrogen and oxygen atoms in total. The highest BCUT2D eigenvalue weighted by Crippen LogP contribution is 2.26. The first-order valence-corrected chi connectivity index (χ1v) is 6.33. The summed E-state index contributed by atoms with van der Waals surface area (Å²) < 4.78 is 37.5. The van der Waals surface area contributed by atoms with E-state index in [9.17, 15) is 13.2 Å². The minimum atomic E-state index is -4.12. The van der Waals surface area contributed by atoms with Gasteiger partial charge in [0.15, 0.2) is 0 Å². The highest BCUT2D eigenvalue weighted by atomic mass is 79.9. The molecule has 6 heteroatoms. The summed E-state index contributed by atoms with van der Waals surface area (Å²) in [5.74, 6) is 0. The lowest BCUT2D eigenvalue weighted by molar-refractivity contribution is -0.132. The Bertz CT molecular complexity index is 393. The number of benzene rings is 1. The molecule has 0 heterocycles. The number of nitrogens with zero attached hydrogens (tertiary/aromatic N) is 1. The largest absolute Gasteiger partial charge is 0.390 e. The normalized spacial score (nSPS) is 11.7. The fraction of sp³-hybridized carbons (Fsp3) is 0.500. The van der Waals surface area contributed by atoms with Gasteiger partial charge in [0.1, 0.15) is 0 Å². The van der Waals surface area contributed by atoms with Crippen LogP contribution in [0.25, 0.3) is 0 Å². The number of alkyl halides is 3. The first kappa shape index (κ1) is 15.3. The Labute approximate surface area is 113 Å². The van der Waals surface area contributed by atoms with Gasteiger partial charge in [-0.3, -0.25) is 0 Å². The van der Waals surface area contributed by atoms with E-state index < -0.39 is 12.6 Å². The van der Waals surface area contributed by atoms with Crippen molar-refractivity contribution in [1.29, 1.82) is 0 Å². The molecule has 1 N–H and O–H groups in total. The molecule has 0 unspecified atom stereocenters. The Morgan fingerprint density at radius 2 is 2.00 bits per heavy atom. The van der Waals surface area contributed by atoms with Crippen molar-refractivity contribution in [2.24, 2.45) is 0 Å². The summed E-state index contributed by atoms with van der Waals surface area (Å²) in [6, 6.07) is 5.57. The standard InChI is InChI=1S/C12H16BrF3N2/c1-17-8-9-7-10(13)3-4-11(9)18(2)6-5-12(14,15)16/h3-4,7,17H,5-6,8H2,1-2H3. The first-order chi connectivity index (χ1) is 8.33. The fourth-order valence-electron chi connectivity index (χ4n) is 1.67. The summed E-state index contributed by atoms with van der Waals surface area (Å²) >= 11 is 3.36. The molecular formula is C12H16BrF3N2. The Kier molecular flexibility index (Phi) is 5.47. The summed E-state index contributed by atoms with van der Waals surface area (Å²) in [6.07, 6.45) is -4.93. The topological polar surface area (TPSA) is 15.3 Å². The maximum atomic E-state index is 12.2. The van der Waals surface area contributed by atoms with Crippen molar-refractivity contribution in [1.82, 2.24) is 5.32 Å². The van der Waals surface area contributed by atoms with Crippen LogP contribution in [0.15, 0.2) is 22.7 Å². The van der Waals surface area contributed by atoms with Gasteiger partial charge in [-0.05, 0) is 30.8 Å². The van der Waals surface area contributed by atoms with Gasteiger partial charge in [0, 0.05) is 30.3 Å². The van der Waals surface area contributed by atoms with E-state index in [0.717, 1.165) is 15.7 Å². The molecule has 0 aliphatic carbocycles. The molecule has 0 atom stereocenters. The van der Waals surface area contributed by atoms with Crippen LogP contribution >= 0.6 is 15.9 Å². The Hall–Kier alpha value is -0.750. The van der Waals surface area contributed by atoms with Gasteiger partial charge < -0.3 is 10.2 Å². The van der Waals surface area contributed by atoms with E-state index in [2.05, 4.69) is 21.2 Å². The number of hydrogen-bond donors (Lipinski definition) is 1. The average Bonchev–Trinajstić information content (AvgIpc) is 2.25. The van der Waals surface area contributed by atoms with Gasteiger partial charge in [-0.2, -0.15) is 13.2 Å². The zero-order valence-electron chi connectivity index (χ0n) is 10.3. The first-order valence-electron chi connectivity index (χ1n) is 5.54. The third-order valence-corrected chi connectivity index (χ3v) is 3.04. The van der Waals surface area contributed by atoms with E-state index >= 15 is 0 Å². The molecule has 1 rings (SSSR count).